The highest BCUT2D eigenvalue weighted by Gasteiger charge is 2.17. The highest BCUT2D eigenvalue weighted by atomic mass is 79.9. The van der Waals surface area contributed by atoms with Gasteiger partial charge in [-0.25, -0.2) is 0 Å². The molecule has 3 amide bonds. The fourth-order valence-corrected chi connectivity index (χ4v) is 5.06. The molecule has 0 aliphatic rings. The molecule has 4 aromatic carbocycles. The van der Waals surface area contributed by atoms with Gasteiger partial charge in [0.1, 0.15) is 5.70 Å². The molecule has 6 nitrogen and oxygen atoms in total. The Labute approximate surface area is 250 Å². The number of benzene rings is 4. The van der Waals surface area contributed by atoms with Gasteiger partial charge in [0.15, 0.2) is 0 Å². The van der Waals surface area contributed by atoms with Crippen LogP contribution in [0.5, 0.6) is 0 Å². The van der Waals surface area contributed by atoms with E-state index in [0.717, 1.165) is 14.9 Å². The molecule has 40 heavy (non-hydrogen) atoms. The Morgan fingerprint density at radius 2 is 1.55 bits per heavy atom. The van der Waals surface area contributed by atoms with Crippen LogP contribution in [0.3, 0.4) is 0 Å². The lowest BCUT2D eigenvalue weighted by Crippen LogP contribution is -2.30. The van der Waals surface area contributed by atoms with Gasteiger partial charge < -0.3 is 16.0 Å². The van der Waals surface area contributed by atoms with Gasteiger partial charge in [0.2, 0.25) is 5.91 Å². The van der Waals surface area contributed by atoms with Crippen LogP contribution in [0.2, 0.25) is 5.02 Å². The Balaban J connectivity index is 1.47. The normalized spacial score (nSPS) is 11.8. The lowest BCUT2D eigenvalue weighted by molar-refractivity contribution is -0.115. The van der Waals surface area contributed by atoms with Crippen LogP contribution in [0.25, 0.3) is 6.08 Å². The van der Waals surface area contributed by atoms with Crippen LogP contribution in [0.15, 0.2) is 118 Å². The lowest BCUT2D eigenvalue weighted by Gasteiger charge is -2.14. The summed E-state index contributed by atoms with van der Waals surface area (Å²) in [5.41, 5.74) is 2.43. The molecule has 0 heterocycles. The van der Waals surface area contributed by atoms with Crippen molar-refractivity contribution in [2.45, 2.75) is 17.1 Å². The van der Waals surface area contributed by atoms with E-state index in [1.165, 1.54) is 11.8 Å². The first kappa shape index (κ1) is 29.1. The maximum absolute atomic E-state index is 13.4. The Morgan fingerprint density at radius 1 is 0.825 bits per heavy atom. The molecule has 1 unspecified atom stereocenters. The molecule has 0 aromatic heterocycles. The molecule has 202 valence electrons. The van der Waals surface area contributed by atoms with Gasteiger partial charge in [-0.2, -0.15) is 0 Å². The number of anilines is 2. The number of carbonyl (C=O) groups is 3. The molecule has 3 N–H and O–H groups in total. The van der Waals surface area contributed by atoms with Gasteiger partial charge in [-0.15, -0.1) is 11.8 Å². The van der Waals surface area contributed by atoms with E-state index in [-0.39, 0.29) is 11.6 Å². The van der Waals surface area contributed by atoms with Crippen molar-refractivity contribution < 1.29 is 14.4 Å². The zero-order valence-electron chi connectivity index (χ0n) is 21.4. The standard InChI is InChI=1S/C31H25BrClN3O3S/c1-20(29(37)34-25-15-13-24(33)14-16-25)40-27-12-6-11-26(19-27)35-31(39)28(18-21-7-5-10-23(32)17-21)36-30(38)22-8-3-2-4-9-22/h2-20H,1H3,(H,34,37)(H,35,39)(H,36,38)/b28-18+. The first-order valence-corrected chi connectivity index (χ1v) is 14.3. The second kappa shape index (κ2) is 14.0. The molecule has 0 aliphatic heterocycles. The van der Waals surface area contributed by atoms with Crippen LogP contribution < -0.4 is 16.0 Å². The van der Waals surface area contributed by atoms with Gasteiger partial charge in [0, 0.05) is 31.3 Å². The molecular weight excluding hydrogens is 610 g/mol. The Bertz CT molecular complexity index is 1550. The predicted molar refractivity (Wildman–Crippen MR) is 166 cm³/mol. The molecular formula is C31H25BrClN3O3S. The summed E-state index contributed by atoms with van der Waals surface area (Å²) in [6, 6.07) is 30.2. The molecule has 9 heteroatoms. The molecule has 0 fully saturated rings. The van der Waals surface area contributed by atoms with Crippen molar-refractivity contribution in [1.29, 1.82) is 0 Å². The number of nitrogens with one attached hydrogen (secondary N) is 3. The third-order valence-corrected chi connectivity index (χ3v) is 7.41. The maximum atomic E-state index is 13.4. The number of hydrogen-bond acceptors (Lipinski definition) is 4. The zero-order valence-corrected chi connectivity index (χ0v) is 24.5. The molecule has 4 rings (SSSR count). The van der Waals surface area contributed by atoms with E-state index < -0.39 is 17.1 Å². The fraction of sp³-hybridized carbons (Fsp3) is 0.0645. The second-order valence-corrected chi connectivity index (χ2v) is 11.4. The first-order chi connectivity index (χ1) is 19.3. The van der Waals surface area contributed by atoms with Crippen molar-refractivity contribution in [3.63, 3.8) is 0 Å². The minimum atomic E-state index is -0.486. The summed E-state index contributed by atoms with van der Waals surface area (Å²) < 4.78 is 0.842. The summed E-state index contributed by atoms with van der Waals surface area (Å²) in [5, 5.41) is 8.66. The average Bonchev–Trinajstić information content (AvgIpc) is 2.94. The number of thioether (sulfide) groups is 1. The average molecular weight is 635 g/mol. The summed E-state index contributed by atoms with van der Waals surface area (Å²) in [5.74, 6) is -1.05. The van der Waals surface area contributed by atoms with E-state index in [9.17, 15) is 14.4 Å². The van der Waals surface area contributed by atoms with Gasteiger partial charge in [-0.1, -0.05) is 63.9 Å². The molecule has 0 saturated carbocycles. The van der Waals surface area contributed by atoms with Crippen molar-refractivity contribution in [3.05, 3.63) is 129 Å². The second-order valence-electron chi connectivity index (χ2n) is 8.67. The predicted octanol–water partition coefficient (Wildman–Crippen LogP) is 7.63. The first-order valence-electron chi connectivity index (χ1n) is 12.2. The van der Waals surface area contributed by atoms with E-state index in [1.807, 2.05) is 36.4 Å². The number of carbonyl (C=O) groups excluding carboxylic acids is 3. The highest BCUT2D eigenvalue weighted by Crippen LogP contribution is 2.27. The van der Waals surface area contributed by atoms with Crippen LogP contribution in [-0.4, -0.2) is 23.0 Å². The molecule has 0 aliphatic carbocycles. The summed E-state index contributed by atoms with van der Waals surface area (Å²) >= 11 is 10.7. The minimum Gasteiger partial charge on any atom is -0.325 e. The number of hydrogen-bond donors (Lipinski definition) is 3. The SMILES string of the molecule is CC(Sc1cccc(NC(=O)/C(=C\c2cccc(Br)c2)NC(=O)c2ccccc2)c1)C(=O)Nc1ccc(Cl)cc1. The van der Waals surface area contributed by atoms with E-state index in [1.54, 1.807) is 79.7 Å². The van der Waals surface area contributed by atoms with Crippen molar-refractivity contribution in [1.82, 2.24) is 5.32 Å². The molecule has 0 bridgehead atoms. The van der Waals surface area contributed by atoms with Crippen LogP contribution in [0.4, 0.5) is 11.4 Å². The molecule has 4 aromatic rings. The zero-order chi connectivity index (χ0) is 28.5. The monoisotopic (exact) mass is 633 g/mol. The summed E-state index contributed by atoms with van der Waals surface area (Å²) in [6.45, 7) is 1.80. The molecule has 0 spiro atoms. The number of halogens is 2. The van der Waals surface area contributed by atoms with Crippen LogP contribution >= 0.6 is 39.3 Å². The third-order valence-electron chi connectivity index (χ3n) is 5.57. The van der Waals surface area contributed by atoms with Gasteiger partial charge in [-0.3, -0.25) is 14.4 Å². The van der Waals surface area contributed by atoms with Crippen LogP contribution in [0.1, 0.15) is 22.8 Å². The van der Waals surface area contributed by atoms with Crippen molar-refractivity contribution in [2.24, 2.45) is 0 Å². The number of amides is 3. The van der Waals surface area contributed by atoms with Crippen LogP contribution in [-0.2, 0) is 9.59 Å². The number of rotatable bonds is 9. The topological polar surface area (TPSA) is 87.3 Å². The van der Waals surface area contributed by atoms with Crippen molar-refractivity contribution in [3.8, 4) is 0 Å². The highest BCUT2D eigenvalue weighted by molar-refractivity contribution is 9.10. The van der Waals surface area contributed by atoms with Crippen molar-refractivity contribution in [2.75, 3.05) is 10.6 Å². The van der Waals surface area contributed by atoms with Gasteiger partial charge in [0.25, 0.3) is 11.8 Å². The fourth-order valence-electron chi connectivity index (χ4n) is 3.59. The van der Waals surface area contributed by atoms with Gasteiger partial charge in [-0.05, 0) is 85.3 Å². The van der Waals surface area contributed by atoms with Crippen LogP contribution in [0, 0.1) is 0 Å². The molecule has 0 saturated heterocycles. The summed E-state index contributed by atoms with van der Waals surface area (Å²) in [4.78, 5) is 39.7. The summed E-state index contributed by atoms with van der Waals surface area (Å²) in [6.07, 6.45) is 1.61. The Kier molecular flexibility index (Phi) is 10.2. The van der Waals surface area contributed by atoms with Gasteiger partial charge in [0.05, 0.1) is 5.25 Å². The summed E-state index contributed by atoms with van der Waals surface area (Å²) in [7, 11) is 0. The van der Waals surface area contributed by atoms with E-state index in [2.05, 4.69) is 31.9 Å². The van der Waals surface area contributed by atoms with Gasteiger partial charge >= 0.3 is 0 Å². The van der Waals surface area contributed by atoms with E-state index in [0.29, 0.717) is 22.0 Å². The molecule has 1 atom stereocenters. The quantitative estimate of drug-likeness (QED) is 0.131. The Hall–Kier alpha value is -3.85. The third kappa shape index (κ3) is 8.58. The molecule has 0 radical (unpaired) electrons. The lowest BCUT2D eigenvalue weighted by atomic mass is 10.1. The maximum Gasteiger partial charge on any atom is 0.272 e. The smallest absolute Gasteiger partial charge is 0.272 e. The minimum absolute atomic E-state index is 0.0840. The van der Waals surface area contributed by atoms with E-state index >= 15 is 0 Å². The van der Waals surface area contributed by atoms with E-state index in [4.69, 9.17) is 11.6 Å². The Morgan fingerprint density at radius 3 is 2.27 bits per heavy atom. The van der Waals surface area contributed by atoms with Crippen molar-refractivity contribution >= 4 is 74.5 Å². The largest absolute Gasteiger partial charge is 0.325 e.